The van der Waals surface area contributed by atoms with E-state index in [1.54, 1.807) is 11.8 Å². The van der Waals surface area contributed by atoms with E-state index in [0.717, 1.165) is 84.6 Å². The molecule has 1 saturated heterocycles. The molecule has 2 fully saturated rings. The maximum atomic E-state index is 13.1. The molecule has 0 radical (unpaired) electrons. The fourth-order valence-electron chi connectivity index (χ4n) is 6.79. The summed E-state index contributed by atoms with van der Waals surface area (Å²) in [7, 11) is 2.20. The maximum absolute atomic E-state index is 13.1. The van der Waals surface area contributed by atoms with E-state index in [2.05, 4.69) is 28.7 Å². The first kappa shape index (κ1) is 23.2. The molecule has 0 unspecified atom stereocenters. The first-order valence-electron chi connectivity index (χ1n) is 13.0. The number of hydrogen-bond acceptors (Lipinski definition) is 8. The van der Waals surface area contributed by atoms with Crippen molar-refractivity contribution in [1.82, 2.24) is 29.8 Å². The molecule has 9 heteroatoms. The summed E-state index contributed by atoms with van der Waals surface area (Å²) >= 11 is 1.61. The number of Topliss-reactive ketones (excluding diaryl/α,β-unsaturated/α-hetero) is 1. The van der Waals surface area contributed by atoms with Crippen molar-refractivity contribution >= 4 is 28.6 Å². The van der Waals surface area contributed by atoms with Gasteiger partial charge in [-0.3, -0.25) is 4.79 Å². The molecular weight excluding hydrogens is 460 g/mol. The third kappa shape index (κ3) is 3.49. The zero-order valence-electron chi connectivity index (χ0n) is 21.1. The van der Waals surface area contributed by atoms with Crippen LogP contribution in [0.25, 0.3) is 22.6 Å². The van der Waals surface area contributed by atoms with E-state index in [-0.39, 0.29) is 6.04 Å². The molecule has 1 aliphatic heterocycles. The van der Waals surface area contributed by atoms with Gasteiger partial charge >= 0.3 is 0 Å². The highest BCUT2D eigenvalue weighted by Crippen LogP contribution is 2.47. The largest absolute Gasteiger partial charge is 0.359 e. The fourth-order valence-corrected chi connectivity index (χ4v) is 7.41. The van der Waals surface area contributed by atoms with Crippen molar-refractivity contribution in [3.05, 3.63) is 17.0 Å². The van der Waals surface area contributed by atoms with Crippen LogP contribution in [0.5, 0.6) is 0 Å². The predicted molar refractivity (Wildman–Crippen MR) is 136 cm³/mol. The second kappa shape index (κ2) is 8.69. The minimum atomic E-state index is -0.497. The first-order valence-corrected chi connectivity index (χ1v) is 14.2. The molecule has 35 heavy (non-hydrogen) atoms. The van der Waals surface area contributed by atoms with Gasteiger partial charge in [0, 0.05) is 18.0 Å². The molecule has 1 spiro atoms. The number of carbonyl (C=O) groups excluding carboxylic acids is 1. The Bertz CT molecular complexity index is 1300. The Morgan fingerprint density at radius 1 is 1.14 bits per heavy atom. The summed E-state index contributed by atoms with van der Waals surface area (Å²) in [6.07, 6.45) is 10.6. The van der Waals surface area contributed by atoms with Crippen LogP contribution in [-0.2, 0) is 16.6 Å². The molecule has 8 nitrogen and oxygen atoms in total. The number of fused-ring (bicyclic) bond motifs is 3. The number of nitrogens with zero attached hydrogens (tertiary/aromatic N) is 6. The van der Waals surface area contributed by atoms with Crippen molar-refractivity contribution in [3.8, 4) is 11.5 Å². The highest BCUT2D eigenvalue weighted by Gasteiger charge is 2.48. The second-order valence-corrected chi connectivity index (χ2v) is 11.4. The minimum Gasteiger partial charge on any atom is -0.359 e. The van der Waals surface area contributed by atoms with Crippen molar-refractivity contribution in [2.45, 2.75) is 94.2 Å². The highest BCUT2D eigenvalue weighted by molar-refractivity contribution is 7.98. The summed E-state index contributed by atoms with van der Waals surface area (Å²) in [6.45, 7) is 5.41. The number of hydrogen-bond donors (Lipinski definition) is 0. The highest BCUT2D eigenvalue weighted by atomic mass is 32.2. The SMILES string of the molecule is CSc1nc(-c2noc3c2CCC[C@@]32CCCCC2=O)nc2c1c(C)nn2[C@@H](C)[C@@H]1CCCN1C. The molecule has 3 aromatic rings. The lowest BCUT2D eigenvalue weighted by Crippen LogP contribution is -2.41. The average Bonchev–Trinajstić information content (AvgIpc) is 3.58. The molecule has 1 saturated carbocycles. The monoisotopic (exact) mass is 494 g/mol. The number of rotatable bonds is 4. The van der Waals surface area contributed by atoms with Crippen LogP contribution in [0.3, 0.4) is 0 Å². The third-order valence-electron chi connectivity index (χ3n) is 8.66. The smallest absolute Gasteiger partial charge is 0.185 e. The summed E-state index contributed by atoms with van der Waals surface area (Å²) in [4.78, 5) is 25.5. The van der Waals surface area contributed by atoms with Gasteiger partial charge in [0.25, 0.3) is 0 Å². The van der Waals surface area contributed by atoms with Gasteiger partial charge in [0.1, 0.15) is 10.8 Å². The average molecular weight is 495 g/mol. The number of aromatic nitrogens is 5. The van der Waals surface area contributed by atoms with Crippen molar-refractivity contribution < 1.29 is 9.32 Å². The molecule has 2 aliphatic carbocycles. The minimum absolute atomic E-state index is 0.200. The van der Waals surface area contributed by atoms with Gasteiger partial charge in [-0.05, 0) is 78.6 Å². The lowest BCUT2D eigenvalue weighted by atomic mass is 9.64. The molecule has 6 rings (SSSR count). The number of aryl methyl sites for hydroxylation is 1. The van der Waals surface area contributed by atoms with Gasteiger partial charge < -0.3 is 9.42 Å². The van der Waals surface area contributed by atoms with Gasteiger partial charge in [-0.25, -0.2) is 14.6 Å². The Kier molecular flexibility index (Phi) is 5.75. The van der Waals surface area contributed by atoms with Crippen LogP contribution < -0.4 is 0 Å². The van der Waals surface area contributed by atoms with Gasteiger partial charge in [-0.2, -0.15) is 5.10 Å². The Labute approximate surface area is 210 Å². The molecule has 186 valence electrons. The Hall–Kier alpha value is -2.26. The van der Waals surface area contributed by atoms with Crippen LogP contribution >= 0.6 is 11.8 Å². The summed E-state index contributed by atoms with van der Waals surface area (Å²) in [5.41, 5.74) is 3.05. The van der Waals surface area contributed by atoms with E-state index < -0.39 is 5.41 Å². The zero-order chi connectivity index (χ0) is 24.3. The maximum Gasteiger partial charge on any atom is 0.185 e. The predicted octanol–water partition coefficient (Wildman–Crippen LogP) is 4.88. The summed E-state index contributed by atoms with van der Waals surface area (Å²) in [6, 6.07) is 0.635. The van der Waals surface area contributed by atoms with E-state index >= 15 is 0 Å². The standard InChI is InChI=1S/C26H34N6O2S/c1-15-20-24(32(29-15)16(2)18-10-8-14-31(18)3)27-23(28-25(20)35-4)21-17-9-7-13-26(22(17)34-30-21)12-6-5-11-19(26)33/h16,18H,5-14H2,1-4H3/t16-,18-,26+/m0/s1. The van der Waals surface area contributed by atoms with Gasteiger partial charge in [-0.1, -0.05) is 11.6 Å². The van der Waals surface area contributed by atoms with Gasteiger partial charge in [0.2, 0.25) is 0 Å². The molecule has 0 aromatic carbocycles. The van der Waals surface area contributed by atoms with Crippen molar-refractivity contribution in [1.29, 1.82) is 0 Å². The molecule has 0 N–H and O–H groups in total. The van der Waals surface area contributed by atoms with E-state index in [0.29, 0.717) is 29.8 Å². The third-order valence-corrected chi connectivity index (χ3v) is 9.34. The van der Waals surface area contributed by atoms with E-state index in [4.69, 9.17) is 19.6 Å². The Balaban J connectivity index is 1.49. The number of thioether (sulfide) groups is 1. The lowest BCUT2D eigenvalue weighted by Gasteiger charge is -2.36. The van der Waals surface area contributed by atoms with Crippen LogP contribution in [0.4, 0.5) is 0 Å². The normalized spacial score (nSPS) is 26.1. The molecule has 0 amide bonds. The molecule has 3 aliphatic rings. The molecule has 3 atom stereocenters. The quantitative estimate of drug-likeness (QED) is 0.374. The zero-order valence-corrected chi connectivity index (χ0v) is 22.0. The van der Waals surface area contributed by atoms with E-state index in [1.165, 1.54) is 6.42 Å². The van der Waals surface area contributed by atoms with Crippen molar-refractivity contribution in [2.75, 3.05) is 19.8 Å². The van der Waals surface area contributed by atoms with E-state index in [1.807, 2.05) is 13.2 Å². The molecular formula is C26H34N6O2S. The topological polar surface area (TPSA) is 89.9 Å². The summed E-state index contributed by atoms with van der Waals surface area (Å²) in [5, 5.41) is 11.4. The number of likely N-dealkylation sites (tertiary alicyclic amines) is 1. The summed E-state index contributed by atoms with van der Waals surface area (Å²) in [5.74, 6) is 1.68. The number of carbonyl (C=O) groups is 1. The Morgan fingerprint density at radius 3 is 2.71 bits per heavy atom. The van der Waals surface area contributed by atoms with Crippen LogP contribution in [0.2, 0.25) is 0 Å². The summed E-state index contributed by atoms with van der Waals surface area (Å²) < 4.78 is 8.08. The molecule has 0 bridgehead atoms. The van der Waals surface area contributed by atoms with Crippen LogP contribution in [0.15, 0.2) is 9.55 Å². The van der Waals surface area contributed by atoms with Crippen LogP contribution in [0.1, 0.15) is 81.3 Å². The van der Waals surface area contributed by atoms with E-state index in [9.17, 15) is 4.79 Å². The van der Waals surface area contributed by atoms with Crippen molar-refractivity contribution in [2.24, 2.45) is 0 Å². The van der Waals surface area contributed by atoms with Crippen LogP contribution in [-0.4, -0.2) is 61.5 Å². The molecule has 4 heterocycles. The molecule has 3 aromatic heterocycles. The van der Waals surface area contributed by atoms with Gasteiger partial charge in [0.15, 0.2) is 22.9 Å². The van der Waals surface area contributed by atoms with Crippen molar-refractivity contribution in [3.63, 3.8) is 0 Å². The number of likely N-dealkylation sites (N-methyl/N-ethyl adjacent to an activating group) is 1. The second-order valence-electron chi connectivity index (χ2n) is 10.6. The van der Waals surface area contributed by atoms with Gasteiger partial charge in [-0.15, -0.1) is 11.8 Å². The first-order chi connectivity index (χ1) is 16.9. The Morgan fingerprint density at radius 2 is 1.97 bits per heavy atom. The fraction of sp³-hybridized carbons (Fsp3) is 0.654. The van der Waals surface area contributed by atoms with Gasteiger partial charge in [0.05, 0.1) is 22.5 Å². The number of ketones is 1. The lowest BCUT2D eigenvalue weighted by molar-refractivity contribution is -0.128. The van der Waals surface area contributed by atoms with Crippen LogP contribution in [0, 0.1) is 6.92 Å².